The Kier molecular flexibility index (Phi) is 4.68. The third-order valence-electron chi connectivity index (χ3n) is 2.33. The maximum absolute atomic E-state index is 11.9. The third kappa shape index (κ3) is 3.64. The van der Waals surface area contributed by atoms with E-state index in [9.17, 15) is 4.79 Å². The van der Waals surface area contributed by atoms with Gasteiger partial charge < -0.3 is 11.1 Å². The number of nitrogens with one attached hydrogen (secondary N) is 1. The molecule has 0 bridgehead atoms. The van der Waals surface area contributed by atoms with Crippen molar-refractivity contribution in [2.45, 2.75) is 13.5 Å². The molecule has 0 saturated carbocycles. The molecule has 0 aliphatic heterocycles. The van der Waals surface area contributed by atoms with Crippen LogP contribution in [0.2, 0.25) is 0 Å². The lowest BCUT2D eigenvalue weighted by Crippen LogP contribution is -2.21. The number of amides is 1. The maximum atomic E-state index is 11.9. The van der Waals surface area contributed by atoms with Crippen LogP contribution in [0.15, 0.2) is 17.6 Å². The van der Waals surface area contributed by atoms with E-state index in [-0.39, 0.29) is 5.91 Å². The molecule has 0 unspecified atom stereocenters. The fourth-order valence-corrected chi connectivity index (χ4v) is 2.91. The number of rotatable bonds is 3. The van der Waals surface area contributed by atoms with Gasteiger partial charge in [-0.1, -0.05) is 11.8 Å². The molecular formula is C13H13N3OS2. The summed E-state index contributed by atoms with van der Waals surface area (Å²) in [5, 5.41) is 5.72. The molecule has 19 heavy (non-hydrogen) atoms. The van der Waals surface area contributed by atoms with Crippen molar-refractivity contribution < 1.29 is 4.79 Å². The minimum absolute atomic E-state index is 0.100. The average Bonchev–Trinajstić information content (AvgIpc) is 3.02. The highest BCUT2D eigenvalue weighted by molar-refractivity contribution is 7.13. The van der Waals surface area contributed by atoms with Gasteiger partial charge in [0.25, 0.3) is 5.91 Å². The molecule has 2 rings (SSSR count). The van der Waals surface area contributed by atoms with E-state index in [0.29, 0.717) is 18.0 Å². The van der Waals surface area contributed by atoms with Crippen molar-refractivity contribution >= 4 is 28.6 Å². The number of hydrogen-bond acceptors (Lipinski definition) is 5. The van der Waals surface area contributed by atoms with Crippen LogP contribution in [0.4, 0.5) is 0 Å². The van der Waals surface area contributed by atoms with Gasteiger partial charge in [0.1, 0.15) is 4.88 Å². The van der Waals surface area contributed by atoms with Crippen LogP contribution in [-0.2, 0) is 6.54 Å². The van der Waals surface area contributed by atoms with Gasteiger partial charge in [-0.25, -0.2) is 4.98 Å². The number of carbonyl (C=O) groups excluding carboxylic acids is 1. The Morgan fingerprint density at radius 1 is 1.58 bits per heavy atom. The Labute approximate surface area is 119 Å². The molecule has 0 fully saturated rings. The average molecular weight is 291 g/mol. The lowest BCUT2D eigenvalue weighted by atomic mass is 10.2. The number of thiophene rings is 1. The Morgan fingerprint density at radius 3 is 3.11 bits per heavy atom. The molecule has 2 aromatic heterocycles. The van der Waals surface area contributed by atoms with Crippen molar-refractivity contribution in [1.82, 2.24) is 10.3 Å². The molecule has 0 aliphatic rings. The third-order valence-corrected chi connectivity index (χ3v) is 4.16. The number of aromatic nitrogens is 1. The maximum Gasteiger partial charge on any atom is 0.263 e. The molecule has 3 N–H and O–H groups in total. The molecule has 2 aromatic rings. The molecule has 0 spiro atoms. The van der Waals surface area contributed by atoms with Crippen LogP contribution in [0.5, 0.6) is 0 Å². The van der Waals surface area contributed by atoms with Crippen molar-refractivity contribution in [3.8, 4) is 11.8 Å². The lowest BCUT2D eigenvalue weighted by molar-refractivity contribution is 0.0955. The number of carbonyl (C=O) groups is 1. The zero-order chi connectivity index (χ0) is 13.7. The van der Waals surface area contributed by atoms with Crippen LogP contribution in [0.3, 0.4) is 0 Å². The molecule has 4 nitrogen and oxygen atoms in total. The molecule has 6 heteroatoms. The monoisotopic (exact) mass is 291 g/mol. The lowest BCUT2D eigenvalue weighted by Gasteiger charge is -2.01. The van der Waals surface area contributed by atoms with E-state index in [1.54, 1.807) is 17.5 Å². The highest BCUT2D eigenvalue weighted by Crippen LogP contribution is 2.16. The van der Waals surface area contributed by atoms with Crippen molar-refractivity contribution in [2.24, 2.45) is 5.73 Å². The van der Waals surface area contributed by atoms with Crippen molar-refractivity contribution in [3.63, 3.8) is 0 Å². The van der Waals surface area contributed by atoms with Gasteiger partial charge >= 0.3 is 0 Å². The number of nitrogens with zero attached hydrogens (tertiary/aromatic N) is 1. The molecule has 1 amide bonds. The Hall–Kier alpha value is -1.68. The topological polar surface area (TPSA) is 68.0 Å². The van der Waals surface area contributed by atoms with Crippen molar-refractivity contribution in [3.05, 3.63) is 38.0 Å². The summed E-state index contributed by atoms with van der Waals surface area (Å²) < 4.78 is 0. The first-order chi connectivity index (χ1) is 9.20. The number of nitrogens with two attached hydrogens (primary N) is 1. The van der Waals surface area contributed by atoms with Gasteiger partial charge in [-0.3, -0.25) is 4.79 Å². The first-order valence-electron chi connectivity index (χ1n) is 5.66. The van der Waals surface area contributed by atoms with Gasteiger partial charge in [-0.05, 0) is 18.4 Å². The highest BCUT2D eigenvalue weighted by atomic mass is 32.1. The second-order valence-corrected chi connectivity index (χ2v) is 5.93. The van der Waals surface area contributed by atoms with Crippen molar-refractivity contribution in [1.29, 1.82) is 0 Å². The summed E-state index contributed by atoms with van der Waals surface area (Å²) in [6, 6.07) is 1.94. The summed E-state index contributed by atoms with van der Waals surface area (Å²) in [4.78, 5) is 17.6. The zero-order valence-electron chi connectivity index (χ0n) is 10.4. The van der Waals surface area contributed by atoms with Gasteiger partial charge in [0.05, 0.1) is 24.3 Å². The molecule has 0 aliphatic carbocycles. The normalized spacial score (nSPS) is 9.79. The molecule has 0 atom stereocenters. The fourth-order valence-electron chi connectivity index (χ4n) is 1.45. The number of aryl methyl sites for hydroxylation is 1. The Bertz CT molecular complexity index is 634. The van der Waals surface area contributed by atoms with E-state index < -0.39 is 0 Å². The standard InChI is InChI=1S/C13H13N3OS2/c1-9-15-8-12(19-9)13(17)16-7-11-10(3-2-5-14)4-6-18-11/h4,6,8H,5,7,14H2,1H3,(H,16,17). The van der Waals surface area contributed by atoms with E-state index in [0.717, 1.165) is 15.4 Å². The van der Waals surface area contributed by atoms with Gasteiger partial charge in [0.2, 0.25) is 0 Å². The number of hydrogen-bond donors (Lipinski definition) is 2. The van der Waals surface area contributed by atoms with Crippen LogP contribution in [0, 0.1) is 18.8 Å². The van der Waals surface area contributed by atoms with E-state index in [2.05, 4.69) is 22.1 Å². The second kappa shape index (κ2) is 6.48. The number of thiazole rings is 1. The predicted octanol–water partition coefficient (Wildman–Crippen LogP) is 1.75. The minimum atomic E-state index is -0.100. The molecule has 0 aromatic carbocycles. The van der Waals surface area contributed by atoms with Gasteiger partial charge in [0.15, 0.2) is 0 Å². The zero-order valence-corrected chi connectivity index (χ0v) is 12.0. The van der Waals surface area contributed by atoms with Crippen molar-refractivity contribution in [2.75, 3.05) is 6.54 Å². The summed E-state index contributed by atoms with van der Waals surface area (Å²) >= 11 is 2.96. The van der Waals surface area contributed by atoms with E-state index in [4.69, 9.17) is 5.73 Å². The van der Waals surface area contributed by atoms with E-state index in [1.807, 2.05) is 18.4 Å². The van der Waals surface area contributed by atoms with Crippen LogP contribution in [0.1, 0.15) is 25.1 Å². The van der Waals surface area contributed by atoms with Crippen LogP contribution >= 0.6 is 22.7 Å². The van der Waals surface area contributed by atoms with E-state index >= 15 is 0 Å². The quantitative estimate of drug-likeness (QED) is 0.847. The van der Waals surface area contributed by atoms with E-state index in [1.165, 1.54) is 11.3 Å². The second-order valence-electron chi connectivity index (χ2n) is 3.69. The molecular weight excluding hydrogens is 278 g/mol. The Balaban J connectivity index is 1.99. The summed E-state index contributed by atoms with van der Waals surface area (Å²) in [5.41, 5.74) is 6.28. The largest absolute Gasteiger partial charge is 0.346 e. The minimum Gasteiger partial charge on any atom is -0.346 e. The molecule has 98 valence electrons. The highest BCUT2D eigenvalue weighted by Gasteiger charge is 2.10. The summed E-state index contributed by atoms with van der Waals surface area (Å²) in [5.74, 6) is 5.71. The SMILES string of the molecule is Cc1ncc(C(=O)NCc2sccc2C#CCN)s1. The summed E-state index contributed by atoms with van der Waals surface area (Å²) in [6.45, 7) is 2.69. The van der Waals surface area contributed by atoms with Gasteiger partial charge in [-0.2, -0.15) is 0 Å². The molecule has 0 radical (unpaired) electrons. The van der Waals surface area contributed by atoms with Crippen LogP contribution < -0.4 is 11.1 Å². The van der Waals surface area contributed by atoms with Crippen LogP contribution in [0.25, 0.3) is 0 Å². The smallest absolute Gasteiger partial charge is 0.263 e. The van der Waals surface area contributed by atoms with Gasteiger partial charge in [0, 0.05) is 10.4 Å². The Morgan fingerprint density at radius 2 is 2.42 bits per heavy atom. The predicted molar refractivity (Wildman–Crippen MR) is 78.3 cm³/mol. The molecule has 0 saturated heterocycles. The summed E-state index contributed by atoms with van der Waals surface area (Å²) in [6.07, 6.45) is 1.60. The molecule has 2 heterocycles. The first kappa shape index (κ1) is 13.7. The van der Waals surface area contributed by atoms with Crippen LogP contribution in [-0.4, -0.2) is 17.4 Å². The fraction of sp³-hybridized carbons (Fsp3) is 0.231. The first-order valence-corrected chi connectivity index (χ1v) is 7.36. The summed E-state index contributed by atoms with van der Waals surface area (Å²) in [7, 11) is 0. The van der Waals surface area contributed by atoms with Gasteiger partial charge in [-0.15, -0.1) is 22.7 Å².